The molecule has 0 aliphatic carbocycles. The Kier molecular flexibility index (Phi) is 7.83. The van der Waals surface area contributed by atoms with Crippen molar-refractivity contribution in [1.82, 2.24) is 10.2 Å². The summed E-state index contributed by atoms with van der Waals surface area (Å²) in [6.45, 7) is 1.32. The number of alkyl halides is 3. The number of hydrogen-bond donors (Lipinski definition) is 1. The SMILES string of the molecule is Cc1ccccc1N(Cc1ccc(C(=O)CNC(=O)C(F)(F)F)cc1)C(=O)N1CCS(=O)(=O)CC1. The van der Waals surface area contributed by atoms with Gasteiger partial charge in [0, 0.05) is 24.3 Å². The molecular weight excluding hydrogens is 487 g/mol. The molecule has 0 bridgehead atoms. The van der Waals surface area contributed by atoms with Gasteiger partial charge in [-0.05, 0) is 24.1 Å². The van der Waals surface area contributed by atoms with Crippen LogP contribution in [0, 0.1) is 6.92 Å². The Hall–Kier alpha value is -3.41. The average Bonchev–Trinajstić information content (AvgIpc) is 2.80. The van der Waals surface area contributed by atoms with Crippen LogP contribution in [0.25, 0.3) is 0 Å². The van der Waals surface area contributed by atoms with E-state index in [-0.39, 0.29) is 42.7 Å². The maximum absolute atomic E-state index is 13.3. The Bertz CT molecular complexity index is 1200. The van der Waals surface area contributed by atoms with Gasteiger partial charge in [0.05, 0.1) is 24.6 Å². The Balaban J connectivity index is 1.75. The first-order valence-electron chi connectivity index (χ1n) is 10.7. The molecule has 2 aromatic rings. The lowest BCUT2D eigenvalue weighted by atomic mass is 10.1. The van der Waals surface area contributed by atoms with Crippen molar-refractivity contribution in [2.75, 3.05) is 36.0 Å². The number of ketones is 1. The molecule has 1 saturated heterocycles. The Morgan fingerprint density at radius 1 is 1.00 bits per heavy atom. The summed E-state index contributed by atoms with van der Waals surface area (Å²) >= 11 is 0. The fraction of sp³-hybridized carbons (Fsp3) is 0.348. The van der Waals surface area contributed by atoms with Crippen LogP contribution in [0.15, 0.2) is 48.5 Å². The van der Waals surface area contributed by atoms with Gasteiger partial charge in [-0.25, -0.2) is 13.2 Å². The summed E-state index contributed by atoms with van der Waals surface area (Å²) in [6, 6.07) is 12.8. The molecule has 0 radical (unpaired) electrons. The number of carbonyl (C=O) groups is 3. The summed E-state index contributed by atoms with van der Waals surface area (Å²) in [5.41, 5.74) is 2.21. The number of nitrogens with one attached hydrogen (secondary N) is 1. The van der Waals surface area contributed by atoms with Gasteiger partial charge in [0.2, 0.25) is 0 Å². The lowest BCUT2D eigenvalue weighted by molar-refractivity contribution is -0.173. The molecule has 35 heavy (non-hydrogen) atoms. The smallest absolute Gasteiger partial charge is 0.341 e. The molecule has 1 fully saturated rings. The van der Waals surface area contributed by atoms with Crippen molar-refractivity contribution in [2.45, 2.75) is 19.6 Å². The lowest BCUT2D eigenvalue weighted by Crippen LogP contribution is -2.50. The van der Waals surface area contributed by atoms with Crippen LogP contribution in [0.1, 0.15) is 21.5 Å². The highest BCUT2D eigenvalue weighted by molar-refractivity contribution is 7.91. The zero-order valence-electron chi connectivity index (χ0n) is 18.8. The minimum atomic E-state index is -5.08. The van der Waals surface area contributed by atoms with Gasteiger partial charge in [0.1, 0.15) is 0 Å². The van der Waals surface area contributed by atoms with E-state index >= 15 is 0 Å². The molecule has 0 saturated carbocycles. The second kappa shape index (κ2) is 10.5. The Morgan fingerprint density at radius 2 is 1.60 bits per heavy atom. The summed E-state index contributed by atoms with van der Waals surface area (Å²) in [6.07, 6.45) is -5.08. The number of para-hydroxylation sites is 1. The van der Waals surface area contributed by atoms with Gasteiger partial charge in [-0.15, -0.1) is 0 Å². The second-order valence-corrected chi connectivity index (χ2v) is 10.4. The fourth-order valence-corrected chi connectivity index (χ4v) is 4.74. The molecule has 8 nitrogen and oxygen atoms in total. The predicted molar refractivity (Wildman–Crippen MR) is 123 cm³/mol. The number of nitrogens with zero attached hydrogens (tertiary/aromatic N) is 2. The molecule has 1 heterocycles. The molecule has 0 atom stereocenters. The van der Waals surface area contributed by atoms with Crippen LogP contribution >= 0.6 is 0 Å². The van der Waals surface area contributed by atoms with Crippen molar-refractivity contribution < 1.29 is 36.0 Å². The minimum Gasteiger partial charge on any atom is -0.341 e. The normalized spacial score (nSPS) is 15.4. The lowest BCUT2D eigenvalue weighted by Gasteiger charge is -2.33. The van der Waals surface area contributed by atoms with Crippen LogP contribution in [-0.2, 0) is 21.2 Å². The fourth-order valence-electron chi connectivity index (χ4n) is 3.54. The average molecular weight is 512 g/mol. The van der Waals surface area contributed by atoms with Crippen molar-refractivity contribution in [1.29, 1.82) is 0 Å². The van der Waals surface area contributed by atoms with Crippen LogP contribution in [0.2, 0.25) is 0 Å². The topological polar surface area (TPSA) is 104 Å². The van der Waals surface area contributed by atoms with Crippen LogP contribution in [0.3, 0.4) is 0 Å². The third-order valence-electron chi connectivity index (χ3n) is 5.54. The van der Waals surface area contributed by atoms with Crippen molar-refractivity contribution in [3.8, 4) is 0 Å². The zero-order valence-corrected chi connectivity index (χ0v) is 19.7. The summed E-state index contributed by atoms with van der Waals surface area (Å²) in [4.78, 5) is 39.4. The maximum atomic E-state index is 13.3. The van der Waals surface area contributed by atoms with E-state index < -0.39 is 34.2 Å². The van der Waals surface area contributed by atoms with E-state index in [2.05, 4.69) is 0 Å². The van der Waals surface area contributed by atoms with Gasteiger partial charge in [-0.2, -0.15) is 13.2 Å². The number of amides is 3. The number of aryl methyl sites for hydroxylation is 1. The quantitative estimate of drug-likeness (QED) is 0.601. The first-order valence-corrected chi connectivity index (χ1v) is 12.5. The molecule has 1 aliphatic heterocycles. The molecule has 1 aliphatic rings. The number of rotatable bonds is 6. The van der Waals surface area contributed by atoms with E-state index in [1.165, 1.54) is 27.2 Å². The van der Waals surface area contributed by atoms with Crippen LogP contribution in [0.4, 0.5) is 23.7 Å². The van der Waals surface area contributed by atoms with Gasteiger partial charge < -0.3 is 10.2 Å². The first-order chi connectivity index (χ1) is 16.4. The monoisotopic (exact) mass is 511 g/mol. The molecule has 0 spiro atoms. The molecular formula is C23H24F3N3O5S. The van der Waals surface area contributed by atoms with Crippen molar-refractivity contribution in [3.63, 3.8) is 0 Å². The summed E-state index contributed by atoms with van der Waals surface area (Å²) in [7, 11) is -3.17. The summed E-state index contributed by atoms with van der Waals surface area (Å²) in [5.74, 6) is -3.11. The van der Waals surface area contributed by atoms with Crippen LogP contribution in [-0.4, -0.2) is 68.4 Å². The summed E-state index contributed by atoms with van der Waals surface area (Å²) in [5, 5.41) is 1.54. The molecule has 0 aromatic heterocycles. The maximum Gasteiger partial charge on any atom is 0.471 e. The predicted octanol–water partition coefficient (Wildman–Crippen LogP) is 2.71. The Morgan fingerprint density at radius 3 is 2.17 bits per heavy atom. The second-order valence-electron chi connectivity index (χ2n) is 8.09. The number of benzene rings is 2. The van der Waals surface area contributed by atoms with E-state index in [1.54, 1.807) is 24.3 Å². The largest absolute Gasteiger partial charge is 0.471 e. The minimum absolute atomic E-state index is 0.0840. The number of carbonyl (C=O) groups excluding carboxylic acids is 3. The van der Waals surface area contributed by atoms with Crippen molar-refractivity contribution >= 4 is 33.2 Å². The van der Waals surface area contributed by atoms with Gasteiger partial charge >= 0.3 is 18.1 Å². The van der Waals surface area contributed by atoms with Gasteiger partial charge in [-0.1, -0.05) is 42.5 Å². The van der Waals surface area contributed by atoms with Crippen LogP contribution in [0.5, 0.6) is 0 Å². The number of anilines is 1. The number of urea groups is 1. The molecule has 188 valence electrons. The highest BCUT2D eigenvalue weighted by Crippen LogP contribution is 2.24. The van der Waals surface area contributed by atoms with Gasteiger partial charge in [-0.3, -0.25) is 14.5 Å². The van der Waals surface area contributed by atoms with E-state index in [0.717, 1.165) is 5.56 Å². The van der Waals surface area contributed by atoms with E-state index in [4.69, 9.17) is 0 Å². The number of halogens is 3. The Labute approximate surface area is 200 Å². The zero-order chi connectivity index (χ0) is 25.8. The number of Topliss-reactive ketones (excluding diaryl/α,β-unsaturated/α-hetero) is 1. The highest BCUT2D eigenvalue weighted by Gasteiger charge is 2.38. The van der Waals surface area contributed by atoms with Crippen LogP contribution < -0.4 is 10.2 Å². The van der Waals surface area contributed by atoms with Gasteiger partial charge in [0.25, 0.3) is 0 Å². The molecule has 3 rings (SSSR count). The molecule has 2 aromatic carbocycles. The first kappa shape index (κ1) is 26.2. The third-order valence-corrected chi connectivity index (χ3v) is 7.14. The number of hydrogen-bond acceptors (Lipinski definition) is 5. The van der Waals surface area contributed by atoms with E-state index in [9.17, 15) is 36.0 Å². The number of sulfone groups is 1. The van der Waals surface area contributed by atoms with E-state index in [1.807, 2.05) is 19.1 Å². The molecule has 0 unspecified atom stereocenters. The molecule has 12 heteroatoms. The summed E-state index contributed by atoms with van der Waals surface area (Å²) < 4.78 is 60.4. The molecule has 3 amide bonds. The van der Waals surface area contributed by atoms with Crippen molar-refractivity contribution in [3.05, 3.63) is 65.2 Å². The standard InChI is InChI=1S/C23H24F3N3O5S/c1-16-4-2-3-5-19(16)29(22(32)28-10-12-35(33,34)13-11-28)15-17-6-8-18(9-7-17)20(30)14-27-21(31)23(24,25)26/h2-9H,10-15H2,1H3,(H,27,31). The van der Waals surface area contributed by atoms with Crippen molar-refractivity contribution in [2.24, 2.45) is 0 Å². The van der Waals surface area contributed by atoms with E-state index in [0.29, 0.717) is 11.3 Å². The highest BCUT2D eigenvalue weighted by atomic mass is 32.2. The van der Waals surface area contributed by atoms with Gasteiger partial charge in [0.15, 0.2) is 15.6 Å². The third kappa shape index (κ3) is 6.81. The molecule has 1 N–H and O–H groups in total.